The molecule has 0 unspecified atom stereocenters. The predicted molar refractivity (Wildman–Crippen MR) is 93.8 cm³/mol. The van der Waals surface area contributed by atoms with Crippen LogP contribution in [0.4, 0.5) is 0 Å². The summed E-state index contributed by atoms with van der Waals surface area (Å²) in [4.78, 5) is 36.7. The van der Waals surface area contributed by atoms with E-state index in [-0.39, 0.29) is 19.5 Å². The summed E-state index contributed by atoms with van der Waals surface area (Å²) in [7, 11) is 1.53. The Balaban J connectivity index is 2.52. The SMILES string of the molecule is CN([C@@H](CCOC=O)C(=O)O)[C@]1(c2ccccc2Cl)CCC[C@H](O)C1=O. The van der Waals surface area contributed by atoms with Crippen molar-refractivity contribution in [3.63, 3.8) is 0 Å². The summed E-state index contributed by atoms with van der Waals surface area (Å²) < 4.78 is 4.63. The van der Waals surface area contributed by atoms with E-state index in [9.17, 15) is 24.6 Å². The Kier molecular flexibility index (Phi) is 6.75. The standard InChI is InChI=1S/C18H22ClNO6/c1-20(14(17(24)25)8-10-26-11-21)18(9-4-7-15(22)16(18)23)12-5-2-3-6-13(12)19/h2-3,5-6,11,14-15,22H,4,7-10H2,1H3,(H,24,25)/t14-,15-,18-/m0/s1. The van der Waals surface area contributed by atoms with Gasteiger partial charge >= 0.3 is 5.97 Å². The molecule has 0 heterocycles. The highest BCUT2D eigenvalue weighted by Gasteiger charge is 2.52. The Morgan fingerprint density at radius 1 is 1.50 bits per heavy atom. The van der Waals surface area contributed by atoms with Gasteiger partial charge in [0.25, 0.3) is 6.47 Å². The minimum atomic E-state index is -1.36. The van der Waals surface area contributed by atoms with Crippen molar-refractivity contribution in [3.05, 3.63) is 34.9 Å². The Morgan fingerprint density at radius 2 is 2.19 bits per heavy atom. The maximum atomic E-state index is 13.1. The number of ketones is 1. The van der Waals surface area contributed by atoms with E-state index < -0.39 is 29.4 Å². The van der Waals surface area contributed by atoms with Crippen LogP contribution in [-0.2, 0) is 24.7 Å². The maximum Gasteiger partial charge on any atom is 0.321 e. The number of aliphatic hydroxyl groups excluding tert-OH is 1. The fraction of sp³-hybridized carbons (Fsp3) is 0.500. The number of Topliss-reactive ketones (excluding diaryl/α,β-unsaturated/α-hetero) is 1. The lowest BCUT2D eigenvalue weighted by atomic mass is 9.72. The number of hydrogen-bond acceptors (Lipinski definition) is 6. The second-order valence-electron chi connectivity index (χ2n) is 6.33. The first-order chi connectivity index (χ1) is 12.4. The molecule has 0 spiro atoms. The largest absolute Gasteiger partial charge is 0.480 e. The number of aliphatic carboxylic acids is 1. The van der Waals surface area contributed by atoms with Crippen molar-refractivity contribution in [1.82, 2.24) is 4.90 Å². The zero-order chi connectivity index (χ0) is 19.3. The number of carbonyl (C=O) groups is 3. The van der Waals surface area contributed by atoms with E-state index in [1.54, 1.807) is 24.3 Å². The van der Waals surface area contributed by atoms with Gasteiger partial charge in [0.15, 0.2) is 5.78 Å². The van der Waals surface area contributed by atoms with Gasteiger partial charge in [0.1, 0.15) is 17.7 Å². The van der Waals surface area contributed by atoms with Gasteiger partial charge in [-0.05, 0) is 37.9 Å². The second kappa shape index (κ2) is 8.62. The minimum absolute atomic E-state index is 0.000150. The molecular formula is C18H22ClNO6. The van der Waals surface area contributed by atoms with E-state index >= 15 is 0 Å². The molecule has 2 N–H and O–H groups in total. The van der Waals surface area contributed by atoms with Crippen LogP contribution in [-0.4, -0.2) is 59.1 Å². The lowest BCUT2D eigenvalue weighted by Gasteiger charge is -2.47. The molecule has 26 heavy (non-hydrogen) atoms. The molecule has 3 atom stereocenters. The number of nitrogens with zero attached hydrogens (tertiary/aromatic N) is 1. The number of benzene rings is 1. The third-order valence-corrected chi connectivity index (χ3v) is 5.31. The summed E-state index contributed by atoms with van der Waals surface area (Å²) >= 11 is 6.34. The first-order valence-electron chi connectivity index (χ1n) is 8.34. The number of ether oxygens (including phenoxy) is 1. The quantitative estimate of drug-likeness (QED) is 0.519. The topological polar surface area (TPSA) is 104 Å². The molecule has 142 valence electrons. The fourth-order valence-corrected chi connectivity index (χ4v) is 3.95. The molecule has 1 aromatic rings. The molecule has 1 aromatic carbocycles. The molecule has 1 fully saturated rings. The average molecular weight is 384 g/mol. The zero-order valence-corrected chi connectivity index (χ0v) is 15.2. The third-order valence-electron chi connectivity index (χ3n) is 4.98. The summed E-state index contributed by atoms with van der Waals surface area (Å²) in [5, 5.41) is 20.2. The minimum Gasteiger partial charge on any atom is -0.480 e. The van der Waals surface area contributed by atoms with Crippen LogP contribution in [0.2, 0.25) is 5.02 Å². The van der Waals surface area contributed by atoms with Crippen molar-refractivity contribution >= 4 is 29.8 Å². The van der Waals surface area contributed by atoms with Crippen molar-refractivity contribution in [2.75, 3.05) is 13.7 Å². The van der Waals surface area contributed by atoms with Crippen molar-refractivity contribution in [2.24, 2.45) is 0 Å². The Labute approximate surface area is 156 Å². The molecule has 1 saturated carbocycles. The van der Waals surface area contributed by atoms with Crippen LogP contribution in [0.1, 0.15) is 31.2 Å². The average Bonchev–Trinajstić information content (AvgIpc) is 2.61. The van der Waals surface area contributed by atoms with Crippen LogP contribution in [0.5, 0.6) is 0 Å². The van der Waals surface area contributed by atoms with Gasteiger partial charge in [-0.2, -0.15) is 0 Å². The zero-order valence-electron chi connectivity index (χ0n) is 14.4. The number of halogens is 1. The highest BCUT2D eigenvalue weighted by Crippen LogP contribution is 2.43. The molecule has 1 aliphatic carbocycles. The van der Waals surface area contributed by atoms with Crippen LogP contribution in [0, 0.1) is 0 Å². The van der Waals surface area contributed by atoms with Gasteiger partial charge in [0.2, 0.25) is 0 Å². The van der Waals surface area contributed by atoms with Gasteiger partial charge in [-0.3, -0.25) is 19.3 Å². The van der Waals surface area contributed by atoms with Gasteiger partial charge in [-0.15, -0.1) is 0 Å². The molecule has 0 bridgehead atoms. The van der Waals surface area contributed by atoms with Crippen LogP contribution in [0.15, 0.2) is 24.3 Å². The lowest BCUT2D eigenvalue weighted by molar-refractivity contribution is -0.156. The van der Waals surface area contributed by atoms with E-state index in [2.05, 4.69) is 4.74 Å². The summed E-state index contributed by atoms with van der Waals surface area (Å²) in [5.41, 5.74) is -0.893. The number of carboxylic acid groups (broad SMARTS) is 1. The van der Waals surface area contributed by atoms with Crippen LogP contribution < -0.4 is 0 Å². The molecule has 2 rings (SSSR count). The summed E-state index contributed by atoms with van der Waals surface area (Å²) in [6.07, 6.45) is 0.00897. The highest BCUT2D eigenvalue weighted by molar-refractivity contribution is 6.31. The Bertz CT molecular complexity index is 681. The predicted octanol–water partition coefficient (Wildman–Crippen LogP) is 1.60. The van der Waals surface area contributed by atoms with Crippen molar-refractivity contribution in [1.29, 1.82) is 0 Å². The Hall–Kier alpha value is -1.96. The monoisotopic (exact) mass is 383 g/mol. The molecule has 7 nitrogen and oxygen atoms in total. The van der Waals surface area contributed by atoms with Crippen LogP contribution in [0.3, 0.4) is 0 Å². The van der Waals surface area contributed by atoms with Crippen molar-refractivity contribution < 1.29 is 29.3 Å². The number of rotatable bonds is 8. The fourth-order valence-electron chi connectivity index (χ4n) is 3.66. The molecule has 1 aliphatic rings. The van der Waals surface area contributed by atoms with E-state index in [1.165, 1.54) is 11.9 Å². The van der Waals surface area contributed by atoms with E-state index in [0.717, 1.165) is 0 Å². The van der Waals surface area contributed by atoms with Crippen molar-refractivity contribution in [2.45, 2.75) is 43.4 Å². The van der Waals surface area contributed by atoms with Gasteiger partial charge < -0.3 is 14.9 Å². The number of carbonyl (C=O) groups excluding carboxylic acids is 2. The lowest BCUT2D eigenvalue weighted by Crippen LogP contribution is -2.60. The smallest absolute Gasteiger partial charge is 0.321 e. The van der Waals surface area contributed by atoms with Gasteiger partial charge in [-0.25, -0.2) is 0 Å². The number of likely N-dealkylation sites (N-methyl/N-ethyl adjacent to an activating group) is 1. The molecule has 0 radical (unpaired) electrons. The summed E-state index contributed by atoms with van der Waals surface area (Å²) in [6, 6.07) is 5.65. The number of aliphatic hydroxyl groups is 1. The van der Waals surface area contributed by atoms with E-state index in [1.807, 2.05) is 0 Å². The first kappa shape index (κ1) is 20.4. The maximum absolute atomic E-state index is 13.1. The first-order valence-corrected chi connectivity index (χ1v) is 8.72. The molecule has 0 aromatic heterocycles. The van der Waals surface area contributed by atoms with Gasteiger partial charge in [0.05, 0.1) is 6.61 Å². The highest BCUT2D eigenvalue weighted by atomic mass is 35.5. The molecule has 0 amide bonds. The van der Waals surface area contributed by atoms with Crippen LogP contribution in [0.25, 0.3) is 0 Å². The summed E-state index contributed by atoms with van der Waals surface area (Å²) in [6.45, 7) is 0.151. The third kappa shape index (κ3) is 3.75. The van der Waals surface area contributed by atoms with Gasteiger partial charge in [0, 0.05) is 11.4 Å². The normalized spacial score (nSPS) is 24.3. The molecule has 0 saturated heterocycles. The summed E-state index contributed by atoms with van der Waals surface area (Å²) in [5.74, 6) is -1.62. The Morgan fingerprint density at radius 3 is 2.81 bits per heavy atom. The van der Waals surface area contributed by atoms with Crippen molar-refractivity contribution in [3.8, 4) is 0 Å². The van der Waals surface area contributed by atoms with E-state index in [4.69, 9.17) is 11.6 Å². The second-order valence-corrected chi connectivity index (χ2v) is 6.74. The van der Waals surface area contributed by atoms with Gasteiger partial charge in [-0.1, -0.05) is 29.8 Å². The van der Waals surface area contributed by atoms with Crippen LogP contribution >= 0.6 is 11.6 Å². The number of carboxylic acids is 1. The van der Waals surface area contributed by atoms with E-state index in [0.29, 0.717) is 29.8 Å². The molecule has 0 aliphatic heterocycles. The number of hydrogen-bond donors (Lipinski definition) is 2. The molecule has 8 heteroatoms. The molecular weight excluding hydrogens is 362 g/mol.